The first-order valence-electron chi connectivity index (χ1n) is 7.03. The number of benzene rings is 1. The van der Waals surface area contributed by atoms with Crippen LogP contribution < -0.4 is 0 Å². The molecule has 0 saturated carbocycles. The fourth-order valence-electron chi connectivity index (χ4n) is 2.15. The number of furan rings is 1. The third-order valence-corrected chi connectivity index (χ3v) is 4.73. The molecule has 0 amide bonds. The number of carbonyl (C=O) groups is 1. The van der Waals surface area contributed by atoms with Crippen LogP contribution in [0.5, 0.6) is 0 Å². The number of methoxy groups -OCH3 is 1. The summed E-state index contributed by atoms with van der Waals surface area (Å²) in [7, 11) is 3.21. The van der Waals surface area contributed by atoms with Gasteiger partial charge in [0.05, 0.1) is 13.4 Å². The first-order valence-corrected chi connectivity index (χ1v) is 8.39. The van der Waals surface area contributed by atoms with Crippen LogP contribution >= 0.6 is 23.4 Å². The Morgan fingerprint density at radius 1 is 1.29 bits per heavy atom. The van der Waals surface area contributed by atoms with Crippen LogP contribution in [0.3, 0.4) is 0 Å². The van der Waals surface area contributed by atoms with Gasteiger partial charge in [0.25, 0.3) is 0 Å². The molecule has 0 aliphatic heterocycles. The topological polar surface area (TPSA) is 70.2 Å². The summed E-state index contributed by atoms with van der Waals surface area (Å²) < 4.78 is 11.8. The van der Waals surface area contributed by atoms with Crippen LogP contribution in [0.4, 0.5) is 0 Å². The van der Waals surface area contributed by atoms with Gasteiger partial charge in [-0.3, -0.25) is 0 Å². The molecule has 24 heavy (non-hydrogen) atoms. The first kappa shape index (κ1) is 16.6. The van der Waals surface area contributed by atoms with Crippen LogP contribution in [0.25, 0.3) is 11.4 Å². The van der Waals surface area contributed by atoms with Crippen molar-refractivity contribution < 1.29 is 13.9 Å². The highest BCUT2D eigenvalue weighted by Crippen LogP contribution is 2.27. The highest BCUT2D eigenvalue weighted by molar-refractivity contribution is 7.98. The van der Waals surface area contributed by atoms with Crippen LogP contribution in [0, 0.1) is 0 Å². The molecule has 3 rings (SSSR count). The van der Waals surface area contributed by atoms with Crippen molar-refractivity contribution >= 4 is 29.3 Å². The smallest absolute Gasteiger partial charge is 0.374 e. The number of ether oxygens (including phenoxy) is 1. The quantitative estimate of drug-likeness (QED) is 0.507. The molecule has 3 aromatic rings. The largest absolute Gasteiger partial charge is 0.463 e. The van der Waals surface area contributed by atoms with Crippen LogP contribution in [0.15, 0.2) is 46.2 Å². The molecule has 0 atom stereocenters. The van der Waals surface area contributed by atoms with E-state index in [-0.39, 0.29) is 5.76 Å². The van der Waals surface area contributed by atoms with E-state index in [1.54, 1.807) is 6.07 Å². The Hall–Kier alpha value is -2.25. The fraction of sp³-hybridized carbons (Fsp3) is 0.188. The summed E-state index contributed by atoms with van der Waals surface area (Å²) in [5.41, 5.74) is 1.68. The third kappa shape index (κ3) is 3.32. The Labute approximate surface area is 147 Å². The molecule has 124 valence electrons. The lowest BCUT2D eigenvalue weighted by molar-refractivity contribution is 0.0564. The minimum Gasteiger partial charge on any atom is -0.463 e. The van der Waals surface area contributed by atoms with Gasteiger partial charge in [-0.05, 0) is 30.3 Å². The maximum Gasteiger partial charge on any atom is 0.374 e. The summed E-state index contributed by atoms with van der Waals surface area (Å²) in [6.45, 7) is 0. The van der Waals surface area contributed by atoms with Gasteiger partial charge in [0.2, 0.25) is 5.76 Å². The van der Waals surface area contributed by atoms with E-state index >= 15 is 0 Å². The molecule has 0 saturated heterocycles. The van der Waals surface area contributed by atoms with E-state index in [2.05, 4.69) is 10.2 Å². The summed E-state index contributed by atoms with van der Waals surface area (Å²) in [4.78, 5) is 11.6. The lowest BCUT2D eigenvalue weighted by Crippen LogP contribution is -2.02. The molecule has 0 aliphatic rings. The van der Waals surface area contributed by atoms with Gasteiger partial charge < -0.3 is 13.7 Å². The number of hydrogen-bond donors (Lipinski definition) is 0. The van der Waals surface area contributed by atoms with Crippen molar-refractivity contribution in [2.75, 3.05) is 7.11 Å². The average molecular weight is 364 g/mol. The lowest BCUT2D eigenvalue weighted by atomic mass is 10.2. The van der Waals surface area contributed by atoms with Crippen molar-refractivity contribution in [2.24, 2.45) is 7.05 Å². The summed E-state index contributed by atoms with van der Waals surface area (Å²) in [6.07, 6.45) is 1.47. The summed E-state index contributed by atoms with van der Waals surface area (Å²) in [5, 5.41) is 9.83. The van der Waals surface area contributed by atoms with Crippen LogP contribution in [0.1, 0.15) is 16.1 Å². The predicted molar refractivity (Wildman–Crippen MR) is 91.1 cm³/mol. The van der Waals surface area contributed by atoms with Gasteiger partial charge in [0.1, 0.15) is 0 Å². The first-order chi connectivity index (χ1) is 11.6. The standard InChI is InChI=1S/C16H14ClN3O3S/c1-20-14(10-3-5-12(17)6-4-10)18-19-16(20)24-9-11-7-8-23-13(11)15(21)22-2/h3-8H,9H2,1-2H3. The monoisotopic (exact) mass is 363 g/mol. The normalized spacial score (nSPS) is 10.8. The molecular weight excluding hydrogens is 350 g/mol. The number of aromatic nitrogens is 3. The molecule has 6 nitrogen and oxygen atoms in total. The zero-order valence-electron chi connectivity index (χ0n) is 13.0. The van der Waals surface area contributed by atoms with E-state index in [0.29, 0.717) is 10.8 Å². The highest BCUT2D eigenvalue weighted by atomic mass is 35.5. The number of esters is 1. The van der Waals surface area contributed by atoms with Gasteiger partial charge in [-0.1, -0.05) is 23.4 Å². The van der Waals surface area contributed by atoms with Gasteiger partial charge in [-0.15, -0.1) is 10.2 Å². The van der Waals surface area contributed by atoms with Gasteiger partial charge >= 0.3 is 5.97 Å². The van der Waals surface area contributed by atoms with E-state index in [1.807, 2.05) is 35.9 Å². The van der Waals surface area contributed by atoms with Crippen molar-refractivity contribution in [1.82, 2.24) is 14.8 Å². The minimum absolute atomic E-state index is 0.213. The molecule has 8 heteroatoms. The molecule has 0 fully saturated rings. The maximum atomic E-state index is 11.6. The molecule has 0 bridgehead atoms. The number of hydrogen-bond acceptors (Lipinski definition) is 6. The summed E-state index contributed by atoms with van der Waals surface area (Å²) in [5.74, 6) is 0.989. The number of carbonyl (C=O) groups excluding carboxylic acids is 1. The van der Waals surface area contributed by atoms with Crippen molar-refractivity contribution in [1.29, 1.82) is 0 Å². The molecule has 1 aromatic carbocycles. The van der Waals surface area contributed by atoms with E-state index in [0.717, 1.165) is 22.1 Å². The van der Waals surface area contributed by atoms with Gasteiger partial charge in [-0.25, -0.2) is 4.79 Å². The molecule has 2 aromatic heterocycles. The zero-order chi connectivity index (χ0) is 17.1. The highest BCUT2D eigenvalue weighted by Gasteiger charge is 2.17. The lowest BCUT2D eigenvalue weighted by Gasteiger charge is -2.04. The third-order valence-electron chi connectivity index (χ3n) is 3.41. The second kappa shape index (κ2) is 7.11. The zero-order valence-corrected chi connectivity index (χ0v) is 14.6. The number of rotatable bonds is 5. The van der Waals surface area contributed by atoms with Crippen LogP contribution in [-0.4, -0.2) is 27.8 Å². The van der Waals surface area contributed by atoms with Crippen molar-refractivity contribution in [2.45, 2.75) is 10.9 Å². The van der Waals surface area contributed by atoms with Gasteiger partial charge in [-0.2, -0.15) is 0 Å². The van der Waals surface area contributed by atoms with Gasteiger partial charge in [0, 0.05) is 29.0 Å². The summed E-state index contributed by atoms with van der Waals surface area (Å²) in [6, 6.07) is 9.16. The number of thioether (sulfide) groups is 1. The molecular formula is C16H14ClN3O3S. The Balaban J connectivity index is 1.77. The Morgan fingerprint density at radius 3 is 2.75 bits per heavy atom. The van der Waals surface area contributed by atoms with Crippen LogP contribution in [0.2, 0.25) is 5.02 Å². The van der Waals surface area contributed by atoms with E-state index in [9.17, 15) is 4.79 Å². The predicted octanol–water partition coefficient (Wildman–Crippen LogP) is 3.81. The number of halogens is 1. The van der Waals surface area contributed by atoms with Crippen molar-refractivity contribution in [3.63, 3.8) is 0 Å². The number of nitrogens with zero attached hydrogens (tertiary/aromatic N) is 3. The molecule has 0 N–H and O–H groups in total. The van der Waals surface area contributed by atoms with Gasteiger partial charge in [0.15, 0.2) is 11.0 Å². The SMILES string of the molecule is COC(=O)c1occc1CSc1nnc(-c2ccc(Cl)cc2)n1C. The van der Waals surface area contributed by atoms with Crippen molar-refractivity contribution in [3.8, 4) is 11.4 Å². The molecule has 0 spiro atoms. The molecule has 0 unspecified atom stereocenters. The Bertz CT molecular complexity index is 858. The van der Waals surface area contributed by atoms with Crippen LogP contribution in [-0.2, 0) is 17.5 Å². The minimum atomic E-state index is -0.490. The van der Waals surface area contributed by atoms with E-state index in [4.69, 9.17) is 20.8 Å². The van der Waals surface area contributed by atoms with Crippen molar-refractivity contribution in [3.05, 3.63) is 52.9 Å². The maximum absolute atomic E-state index is 11.6. The second-order valence-electron chi connectivity index (χ2n) is 4.93. The second-order valence-corrected chi connectivity index (χ2v) is 6.31. The average Bonchev–Trinajstić information content (AvgIpc) is 3.20. The Kier molecular flexibility index (Phi) is 4.92. The summed E-state index contributed by atoms with van der Waals surface area (Å²) >= 11 is 7.37. The van der Waals surface area contributed by atoms with E-state index in [1.165, 1.54) is 25.1 Å². The Morgan fingerprint density at radius 2 is 2.04 bits per heavy atom. The molecule has 0 aliphatic carbocycles. The van der Waals surface area contributed by atoms with E-state index < -0.39 is 5.97 Å². The molecule has 0 radical (unpaired) electrons. The fourth-order valence-corrected chi connectivity index (χ4v) is 3.17. The molecule has 2 heterocycles.